The molecule has 0 spiro atoms. The monoisotopic (exact) mass is 279 g/mol. The van der Waals surface area contributed by atoms with Gasteiger partial charge in [-0.3, -0.25) is 10.1 Å². The van der Waals surface area contributed by atoms with Gasteiger partial charge in [0, 0.05) is 31.8 Å². The second-order valence-corrected chi connectivity index (χ2v) is 4.83. The van der Waals surface area contributed by atoms with Crippen LogP contribution < -0.4 is 5.32 Å². The van der Waals surface area contributed by atoms with E-state index in [4.69, 9.17) is 0 Å². The number of piperidine rings is 1. The lowest BCUT2D eigenvalue weighted by atomic mass is 10.1. The second kappa shape index (κ2) is 6.33. The highest BCUT2D eigenvalue weighted by Crippen LogP contribution is 2.13. The van der Waals surface area contributed by atoms with Gasteiger partial charge in [-0.2, -0.15) is 0 Å². The number of amides is 2. The molecule has 1 aliphatic heterocycles. The third-order valence-corrected chi connectivity index (χ3v) is 3.25. The molecule has 2 amide bonds. The molecule has 1 aromatic carbocycles. The number of rotatable bonds is 3. The highest BCUT2D eigenvalue weighted by Gasteiger charge is 2.21. The highest BCUT2D eigenvalue weighted by molar-refractivity contribution is 5.74. The number of benzene rings is 1. The molecule has 0 bridgehead atoms. The smallest absolute Gasteiger partial charge is 0.317 e. The maximum atomic E-state index is 11.9. The van der Waals surface area contributed by atoms with Crippen LogP contribution in [-0.2, 0) is 6.54 Å². The number of urea groups is 1. The Morgan fingerprint density at radius 2 is 2.35 bits per heavy atom. The van der Waals surface area contributed by atoms with Crippen molar-refractivity contribution in [2.24, 2.45) is 0 Å². The lowest BCUT2D eigenvalue weighted by Crippen LogP contribution is -2.46. The molecule has 7 nitrogen and oxygen atoms in total. The van der Waals surface area contributed by atoms with Crippen molar-refractivity contribution in [1.82, 2.24) is 10.2 Å². The van der Waals surface area contributed by atoms with Gasteiger partial charge in [0.25, 0.3) is 5.69 Å². The van der Waals surface area contributed by atoms with Crippen LogP contribution in [0.5, 0.6) is 0 Å². The second-order valence-electron chi connectivity index (χ2n) is 4.83. The molecule has 1 heterocycles. The quantitative estimate of drug-likeness (QED) is 0.643. The van der Waals surface area contributed by atoms with Gasteiger partial charge in [-0.25, -0.2) is 4.79 Å². The summed E-state index contributed by atoms with van der Waals surface area (Å²) in [6.45, 7) is 1.19. The number of aliphatic hydroxyl groups excluding tert-OH is 1. The Kier molecular flexibility index (Phi) is 4.52. The van der Waals surface area contributed by atoms with E-state index >= 15 is 0 Å². The normalized spacial score (nSPS) is 18.6. The van der Waals surface area contributed by atoms with Gasteiger partial charge in [-0.15, -0.1) is 0 Å². The van der Waals surface area contributed by atoms with Crippen LogP contribution in [-0.4, -0.2) is 40.2 Å². The molecule has 1 unspecified atom stereocenters. The molecule has 7 heteroatoms. The molecular formula is C13H17N3O4. The number of β-amino-alcohol motifs (C(OH)–C–C–N with tert-alkyl or cyclic N) is 1. The lowest BCUT2D eigenvalue weighted by Gasteiger charge is -2.30. The van der Waals surface area contributed by atoms with Crippen LogP contribution in [0.3, 0.4) is 0 Å². The first-order chi connectivity index (χ1) is 9.56. The van der Waals surface area contributed by atoms with E-state index in [-0.39, 0.29) is 18.3 Å². The molecule has 2 rings (SSSR count). The molecular weight excluding hydrogens is 262 g/mol. The predicted molar refractivity (Wildman–Crippen MR) is 72.1 cm³/mol. The molecule has 0 aromatic heterocycles. The van der Waals surface area contributed by atoms with E-state index in [1.807, 2.05) is 0 Å². The van der Waals surface area contributed by atoms with Crippen LogP contribution in [0, 0.1) is 10.1 Å². The van der Waals surface area contributed by atoms with Gasteiger partial charge in [0.2, 0.25) is 0 Å². The largest absolute Gasteiger partial charge is 0.391 e. The van der Waals surface area contributed by atoms with Gasteiger partial charge >= 0.3 is 6.03 Å². The molecule has 1 fully saturated rings. The van der Waals surface area contributed by atoms with Crippen molar-refractivity contribution < 1.29 is 14.8 Å². The molecule has 108 valence electrons. The number of hydrogen-bond donors (Lipinski definition) is 2. The fourth-order valence-corrected chi connectivity index (χ4v) is 2.21. The van der Waals surface area contributed by atoms with E-state index in [1.165, 1.54) is 12.1 Å². The Hall–Kier alpha value is -2.15. The van der Waals surface area contributed by atoms with Crippen LogP contribution in [0.25, 0.3) is 0 Å². The number of likely N-dealkylation sites (tertiary alicyclic amines) is 1. The summed E-state index contributed by atoms with van der Waals surface area (Å²) in [5.41, 5.74) is 0.676. The summed E-state index contributed by atoms with van der Waals surface area (Å²) in [7, 11) is 0. The third kappa shape index (κ3) is 3.67. The Morgan fingerprint density at radius 3 is 3.05 bits per heavy atom. The molecule has 1 atom stereocenters. The number of nitro benzene ring substituents is 1. The van der Waals surface area contributed by atoms with E-state index in [0.717, 1.165) is 6.42 Å². The minimum atomic E-state index is -0.466. The Bertz CT molecular complexity index is 506. The maximum Gasteiger partial charge on any atom is 0.317 e. The summed E-state index contributed by atoms with van der Waals surface area (Å²) in [4.78, 5) is 23.7. The number of nitro groups is 1. The van der Waals surface area contributed by atoms with E-state index in [0.29, 0.717) is 25.1 Å². The van der Waals surface area contributed by atoms with Crippen LogP contribution in [0.4, 0.5) is 10.5 Å². The molecule has 0 saturated carbocycles. The Balaban J connectivity index is 1.89. The molecule has 1 saturated heterocycles. The minimum absolute atomic E-state index is 0.00476. The summed E-state index contributed by atoms with van der Waals surface area (Å²) in [5, 5.41) is 22.9. The summed E-state index contributed by atoms with van der Waals surface area (Å²) >= 11 is 0. The van der Waals surface area contributed by atoms with Crippen LogP contribution in [0.1, 0.15) is 18.4 Å². The van der Waals surface area contributed by atoms with Gasteiger partial charge in [-0.05, 0) is 18.4 Å². The molecule has 1 aliphatic rings. The molecule has 20 heavy (non-hydrogen) atoms. The number of hydrogen-bond acceptors (Lipinski definition) is 4. The topological polar surface area (TPSA) is 95.7 Å². The van der Waals surface area contributed by atoms with Crippen molar-refractivity contribution in [2.45, 2.75) is 25.5 Å². The summed E-state index contributed by atoms with van der Waals surface area (Å²) in [6.07, 6.45) is 1.03. The number of nitrogens with zero attached hydrogens (tertiary/aromatic N) is 2. The SMILES string of the molecule is O=C(NCc1cccc([N+](=O)[O-])c1)N1CCCC(O)C1. The Labute approximate surface area is 116 Å². The molecule has 1 aromatic rings. The van der Waals surface area contributed by atoms with Crippen LogP contribution >= 0.6 is 0 Å². The fraction of sp³-hybridized carbons (Fsp3) is 0.462. The Morgan fingerprint density at radius 1 is 1.55 bits per heavy atom. The summed E-state index contributed by atoms with van der Waals surface area (Å²) < 4.78 is 0. The van der Waals surface area contributed by atoms with Gasteiger partial charge in [-0.1, -0.05) is 12.1 Å². The number of carbonyl (C=O) groups is 1. The third-order valence-electron chi connectivity index (χ3n) is 3.25. The van der Waals surface area contributed by atoms with E-state index in [1.54, 1.807) is 17.0 Å². The summed E-state index contributed by atoms with van der Waals surface area (Å²) in [6, 6.07) is 5.90. The number of carbonyl (C=O) groups excluding carboxylic acids is 1. The molecule has 0 aliphatic carbocycles. The predicted octanol–water partition coefficient (Wildman–Crippen LogP) is 1.26. The van der Waals surface area contributed by atoms with Gasteiger partial charge in [0.05, 0.1) is 11.0 Å². The number of non-ortho nitro benzene ring substituents is 1. The number of nitrogens with one attached hydrogen (secondary N) is 1. The van der Waals surface area contributed by atoms with Gasteiger partial charge in [0.1, 0.15) is 0 Å². The van der Waals surface area contributed by atoms with E-state index in [9.17, 15) is 20.0 Å². The zero-order valence-electron chi connectivity index (χ0n) is 11.0. The standard InChI is InChI=1S/C13H17N3O4/c17-12-5-2-6-15(9-12)13(18)14-8-10-3-1-4-11(7-10)16(19)20/h1,3-4,7,12,17H,2,5-6,8-9H2,(H,14,18). The minimum Gasteiger partial charge on any atom is -0.391 e. The zero-order valence-corrected chi connectivity index (χ0v) is 11.0. The first kappa shape index (κ1) is 14.3. The molecule has 2 N–H and O–H groups in total. The number of aliphatic hydroxyl groups is 1. The highest BCUT2D eigenvalue weighted by atomic mass is 16.6. The summed E-state index contributed by atoms with van der Waals surface area (Å²) in [5.74, 6) is 0. The average Bonchev–Trinajstić information content (AvgIpc) is 2.45. The zero-order chi connectivity index (χ0) is 14.5. The van der Waals surface area contributed by atoms with Gasteiger partial charge in [0.15, 0.2) is 0 Å². The van der Waals surface area contributed by atoms with Crippen molar-refractivity contribution >= 4 is 11.7 Å². The van der Waals surface area contributed by atoms with Crippen molar-refractivity contribution in [3.8, 4) is 0 Å². The van der Waals surface area contributed by atoms with Gasteiger partial charge < -0.3 is 15.3 Å². The van der Waals surface area contributed by atoms with Crippen LogP contribution in [0.15, 0.2) is 24.3 Å². The van der Waals surface area contributed by atoms with Crippen molar-refractivity contribution in [3.63, 3.8) is 0 Å². The van der Waals surface area contributed by atoms with Crippen LogP contribution in [0.2, 0.25) is 0 Å². The maximum absolute atomic E-state index is 11.9. The van der Waals surface area contributed by atoms with E-state index < -0.39 is 11.0 Å². The van der Waals surface area contributed by atoms with E-state index in [2.05, 4.69) is 5.32 Å². The van der Waals surface area contributed by atoms with Crippen molar-refractivity contribution in [3.05, 3.63) is 39.9 Å². The first-order valence-corrected chi connectivity index (χ1v) is 6.50. The fourth-order valence-electron chi connectivity index (χ4n) is 2.21. The first-order valence-electron chi connectivity index (χ1n) is 6.50. The average molecular weight is 279 g/mol. The van der Waals surface area contributed by atoms with Crippen molar-refractivity contribution in [1.29, 1.82) is 0 Å². The van der Waals surface area contributed by atoms with Crippen molar-refractivity contribution in [2.75, 3.05) is 13.1 Å². The molecule has 0 radical (unpaired) electrons. The lowest BCUT2D eigenvalue weighted by molar-refractivity contribution is -0.384.